The minimum Gasteiger partial charge on any atom is -0.481 e. The van der Waals surface area contributed by atoms with E-state index in [0.29, 0.717) is 6.42 Å². The standard InChI is InChI=1S/C20H36N4O8/c1-9(2)6-12(21)17(28)22-14(8-15(26)27)18(29)23-13(7-10(3)4)19(30)24-16(11(5)25)20(31)32/h9-14,16,25H,6-8,21H2,1-5H3,(H,22,28)(H,23,29)(H,24,30)(H,26,27)(H,31,32). The molecule has 8 N–H and O–H groups in total. The highest BCUT2D eigenvalue weighted by Crippen LogP contribution is 2.08. The number of aliphatic hydroxyl groups excluding tert-OH is 1. The summed E-state index contributed by atoms with van der Waals surface area (Å²) in [5.41, 5.74) is 5.79. The molecule has 0 aromatic heterocycles. The number of carboxylic acid groups (broad SMARTS) is 2. The summed E-state index contributed by atoms with van der Waals surface area (Å²) in [6, 6.07) is -5.26. The maximum atomic E-state index is 12.7. The van der Waals surface area contributed by atoms with E-state index in [9.17, 15) is 29.1 Å². The third kappa shape index (κ3) is 11.0. The third-order valence-electron chi connectivity index (χ3n) is 4.46. The molecule has 0 bridgehead atoms. The van der Waals surface area contributed by atoms with Gasteiger partial charge in [-0.2, -0.15) is 0 Å². The van der Waals surface area contributed by atoms with E-state index in [4.69, 9.17) is 15.9 Å². The molecule has 0 saturated carbocycles. The number of amides is 3. The van der Waals surface area contributed by atoms with Crippen molar-refractivity contribution in [3.05, 3.63) is 0 Å². The molecule has 5 unspecified atom stereocenters. The third-order valence-corrected chi connectivity index (χ3v) is 4.46. The highest BCUT2D eigenvalue weighted by molar-refractivity contribution is 5.95. The lowest BCUT2D eigenvalue weighted by molar-refractivity contribution is -0.145. The molecule has 0 heterocycles. The molecule has 0 aromatic rings. The largest absolute Gasteiger partial charge is 0.481 e. The molecule has 184 valence electrons. The summed E-state index contributed by atoms with van der Waals surface area (Å²) < 4.78 is 0. The van der Waals surface area contributed by atoms with Crippen molar-refractivity contribution in [2.24, 2.45) is 17.6 Å². The highest BCUT2D eigenvalue weighted by atomic mass is 16.4. The van der Waals surface area contributed by atoms with Gasteiger partial charge in [0.15, 0.2) is 6.04 Å². The van der Waals surface area contributed by atoms with Crippen molar-refractivity contribution in [2.45, 2.75) is 84.2 Å². The van der Waals surface area contributed by atoms with Gasteiger partial charge in [-0.1, -0.05) is 27.7 Å². The van der Waals surface area contributed by atoms with Crippen LogP contribution in [0.15, 0.2) is 0 Å². The van der Waals surface area contributed by atoms with Crippen LogP contribution in [0, 0.1) is 11.8 Å². The molecule has 0 aliphatic rings. The molecule has 0 rings (SSSR count). The molecule has 0 aliphatic heterocycles. The Labute approximate surface area is 187 Å². The zero-order valence-corrected chi connectivity index (χ0v) is 19.1. The van der Waals surface area contributed by atoms with Crippen LogP contribution in [0.4, 0.5) is 0 Å². The molecule has 0 saturated heterocycles. The second kappa shape index (κ2) is 13.6. The fourth-order valence-electron chi connectivity index (χ4n) is 2.90. The molecule has 0 radical (unpaired) electrons. The van der Waals surface area contributed by atoms with Gasteiger partial charge >= 0.3 is 11.9 Å². The fourth-order valence-corrected chi connectivity index (χ4v) is 2.90. The molecular formula is C20H36N4O8. The van der Waals surface area contributed by atoms with Crippen LogP contribution < -0.4 is 21.7 Å². The maximum absolute atomic E-state index is 12.7. The summed E-state index contributed by atoms with van der Waals surface area (Å²) in [6.07, 6.45) is -1.72. The van der Waals surface area contributed by atoms with E-state index in [1.165, 1.54) is 6.92 Å². The van der Waals surface area contributed by atoms with Gasteiger partial charge in [0.2, 0.25) is 17.7 Å². The van der Waals surface area contributed by atoms with Gasteiger partial charge in [-0.3, -0.25) is 19.2 Å². The molecule has 0 spiro atoms. The Hall–Kier alpha value is -2.73. The van der Waals surface area contributed by atoms with Crippen molar-refractivity contribution in [3.63, 3.8) is 0 Å². The Balaban J connectivity index is 5.51. The van der Waals surface area contributed by atoms with Crippen molar-refractivity contribution >= 4 is 29.7 Å². The summed E-state index contributed by atoms with van der Waals surface area (Å²) in [7, 11) is 0. The first-order valence-electron chi connectivity index (χ1n) is 10.4. The van der Waals surface area contributed by atoms with Crippen molar-refractivity contribution in [1.82, 2.24) is 16.0 Å². The van der Waals surface area contributed by atoms with Crippen LogP contribution in [0.2, 0.25) is 0 Å². The maximum Gasteiger partial charge on any atom is 0.328 e. The quantitative estimate of drug-likeness (QED) is 0.166. The van der Waals surface area contributed by atoms with Crippen LogP contribution in [0.1, 0.15) is 53.9 Å². The Kier molecular flexibility index (Phi) is 12.5. The first kappa shape index (κ1) is 29.3. The lowest BCUT2D eigenvalue weighted by atomic mass is 10.0. The van der Waals surface area contributed by atoms with Gasteiger partial charge in [0.1, 0.15) is 12.1 Å². The van der Waals surface area contributed by atoms with Gasteiger partial charge < -0.3 is 37.0 Å². The van der Waals surface area contributed by atoms with E-state index in [1.54, 1.807) is 13.8 Å². The number of aliphatic carboxylic acids is 2. The fraction of sp³-hybridized carbons (Fsp3) is 0.750. The summed E-state index contributed by atoms with van der Waals surface area (Å²) in [5, 5.41) is 34.7. The molecule has 5 atom stereocenters. The van der Waals surface area contributed by atoms with Crippen LogP contribution in [-0.2, 0) is 24.0 Å². The molecule has 32 heavy (non-hydrogen) atoms. The predicted molar refractivity (Wildman–Crippen MR) is 114 cm³/mol. The van der Waals surface area contributed by atoms with Gasteiger partial charge in [0.25, 0.3) is 0 Å². The number of rotatable bonds is 14. The van der Waals surface area contributed by atoms with Crippen LogP contribution in [0.25, 0.3) is 0 Å². The summed E-state index contributed by atoms with van der Waals surface area (Å²) in [5.74, 6) is -5.32. The lowest BCUT2D eigenvalue weighted by Crippen LogP contribution is -2.58. The number of carboxylic acids is 2. The van der Waals surface area contributed by atoms with Crippen molar-refractivity contribution in [3.8, 4) is 0 Å². The average molecular weight is 461 g/mol. The van der Waals surface area contributed by atoms with E-state index in [-0.39, 0.29) is 18.3 Å². The summed E-state index contributed by atoms with van der Waals surface area (Å²) in [6.45, 7) is 8.41. The first-order chi connectivity index (χ1) is 14.6. The molecule has 0 aromatic carbocycles. The van der Waals surface area contributed by atoms with Crippen molar-refractivity contribution in [1.29, 1.82) is 0 Å². The van der Waals surface area contributed by atoms with E-state index < -0.39 is 66.4 Å². The summed E-state index contributed by atoms with van der Waals surface area (Å²) in [4.78, 5) is 60.1. The molecule has 0 fully saturated rings. The smallest absolute Gasteiger partial charge is 0.328 e. The molecule has 12 nitrogen and oxygen atoms in total. The Morgan fingerprint density at radius 2 is 1.22 bits per heavy atom. The van der Waals surface area contributed by atoms with Crippen molar-refractivity contribution < 1.29 is 39.3 Å². The number of aliphatic hydroxyl groups is 1. The normalized spacial score (nSPS) is 15.9. The zero-order valence-electron chi connectivity index (χ0n) is 19.1. The summed E-state index contributed by atoms with van der Waals surface area (Å²) >= 11 is 0. The van der Waals surface area contributed by atoms with Gasteiger partial charge in [0, 0.05) is 0 Å². The predicted octanol–water partition coefficient (Wildman–Crippen LogP) is -1.20. The van der Waals surface area contributed by atoms with Gasteiger partial charge in [-0.25, -0.2) is 4.79 Å². The molecule has 0 aliphatic carbocycles. The number of carbonyl (C=O) groups is 5. The second-order valence-electron chi connectivity index (χ2n) is 8.65. The minimum absolute atomic E-state index is 0.0951. The molecular weight excluding hydrogens is 424 g/mol. The molecule has 12 heteroatoms. The van der Waals surface area contributed by atoms with Crippen LogP contribution >= 0.6 is 0 Å². The van der Waals surface area contributed by atoms with E-state index in [0.717, 1.165) is 0 Å². The van der Waals surface area contributed by atoms with Crippen LogP contribution in [-0.4, -0.2) is 75.3 Å². The Bertz CT molecular complexity index is 681. The topological polar surface area (TPSA) is 208 Å². The van der Waals surface area contributed by atoms with Gasteiger partial charge in [-0.15, -0.1) is 0 Å². The van der Waals surface area contributed by atoms with Crippen LogP contribution in [0.5, 0.6) is 0 Å². The van der Waals surface area contributed by atoms with E-state index in [2.05, 4.69) is 16.0 Å². The average Bonchev–Trinajstić information content (AvgIpc) is 2.62. The highest BCUT2D eigenvalue weighted by Gasteiger charge is 2.33. The van der Waals surface area contributed by atoms with Crippen LogP contribution in [0.3, 0.4) is 0 Å². The zero-order chi connectivity index (χ0) is 25.2. The van der Waals surface area contributed by atoms with Gasteiger partial charge in [-0.05, 0) is 31.6 Å². The SMILES string of the molecule is CC(C)CC(N)C(=O)NC(CC(=O)O)C(=O)NC(CC(C)C)C(=O)NC(C(=O)O)C(C)O. The first-order valence-corrected chi connectivity index (χ1v) is 10.4. The Morgan fingerprint density at radius 3 is 1.62 bits per heavy atom. The number of hydrogen-bond acceptors (Lipinski definition) is 7. The molecule has 3 amide bonds. The van der Waals surface area contributed by atoms with E-state index in [1.807, 2.05) is 13.8 Å². The lowest BCUT2D eigenvalue weighted by Gasteiger charge is -2.26. The van der Waals surface area contributed by atoms with Crippen molar-refractivity contribution in [2.75, 3.05) is 0 Å². The number of nitrogens with two attached hydrogens (primary N) is 1. The Morgan fingerprint density at radius 1 is 0.750 bits per heavy atom. The second-order valence-corrected chi connectivity index (χ2v) is 8.65. The number of nitrogens with one attached hydrogen (secondary N) is 3. The van der Waals surface area contributed by atoms with E-state index >= 15 is 0 Å². The number of hydrogen-bond donors (Lipinski definition) is 7. The van der Waals surface area contributed by atoms with Gasteiger partial charge in [0.05, 0.1) is 18.6 Å². The monoisotopic (exact) mass is 460 g/mol. The number of carbonyl (C=O) groups excluding carboxylic acids is 3. The minimum atomic E-state index is -1.60.